The fourth-order valence-electron chi connectivity index (χ4n) is 2.77. The van der Waals surface area contributed by atoms with Gasteiger partial charge in [-0.25, -0.2) is 4.98 Å². The van der Waals surface area contributed by atoms with E-state index in [4.69, 9.17) is 9.47 Å². The van der Waals surface area contributed by atoms with Crippen molar-refractivity contribution in [3.8, 4) is 22.8 Å². The molecule has 4 heterocycles. The zero-order chi connectivity index (χ0) is 19.8. The van der Waals surface area contributed by atoms with E-state index < -0.39 is 0 Å². The average Bonchev–Trinajstić information content (AvgIpc) is 3.45. The van der Waals surface area contributed by atoms with Crippen molar-refractivity contribution in [2.24, 2.45) is 0 Å². The van der Waals surface area contributed by atoms with Crippen molar-refractivity contribution in [3.63, 3.8) is 0 Å². The van der Waals surface area contributed by atoms with Gasteiger partial charge in [0.25, 0.3) is 0 Å². The van der Waals surface area contributed by atoms with Gasteiger partial charge in [0.05, 0.1) is 17.1 Å². The Hall–Kier alpha value is -3.18. The van der Waals surface area contributed by atoms with Crippen LogP contribution in [0, 0.1) is 6.92 Å². The van der Waals surface area contributed by atoms with Gasteiger partial charge in [-0.15, -0.1) is 21.5 Å². The van der Waals surface area contributed by atoms with Gasteiger partial charge in [-0.2, -0.15) is 9.61 Å². The first-order valence-corrected chi connectivity index (χ1v) is 10.5. The van der Waals surface area contributed by atoms with Crippen molar-refractivity contribution in [1.82, 2.24) is 24.8 Å². The van der Waals surface area contributed by atoms with E-state index in [-0.39, 0.29) is 18.5 Å². The number of benzene rings is 1. The third-order valence-electron chi connectivity index (χ3n) is 4.10. The van der Waals surface area contributed by atoms with Crippen LogP contribution in [0.15, 0.2) is 40.9 Å². The summed E-state index contributed by atoms with van der Waals surface area (Å²) in [6.45, 7) is 2.10. The molecule has 9 nitrogen and oxygen atoms in total. The Morgan fingerprint density at radius 1 is 1.24 bits per heavy atom. The average molecular weight is 426 g/mol. The van der Waals surface area contributed by atoms with E-state index >= 15 is 0 Å². The summed E-state index contributed by atoms with van der Waals surface area (Å²) < 4.78 is 12.4. The molecule has 146 valence electrons. The van der Waals surface area contributed by atoms with E-state index in [1.54, 1.807) is 4.52 Å². The summed E-state index contributed by atoms with van der Waals surface area (Å²) in [6.07, 6.45) is 0. The minimum Gasteiger partial charge on any atom is -0.454 e. The summed E-state index contributed by atoms with van der Waals surface area (Å²) in [6, 6.07) is 9.37. The number of anilines is 1. The number of carbonyl (C=O) groups is 1. The lowest BCUT2D eigenvalue weighted by molar-refractivity contribution is -0.113. The molecule has 29 heavy (non-hydrogen) atoms. The number of ether oxygens (including phenoxy) is 2. The number of thiazole rings is 1. The topological polar surface area (TPSA) is 104 Å². The number of hydrogen-bond donors (Lipinski definition) is 1. The standard InChI is InChI=1S/C18H14N6O3S2/c1-10-7-28-17(19-10)20-16(25)8-29-18-22-21-15-5-3-12(23-24(15)18)11-2-4-13-14(6-11)27-9-26-13/h2-7H,8-9H2,1H3,(H,19,20,25). The molecule has 0 fully saturated rings. The molecule has 0 saturated carbocycles. The molecule has 0 bridgehead atoms. The van der Waals surface area contributed by atoms with Gasteiger partial charge in [-0.1, -0.05) is 11.8 Å². The van der Waals surface area contributed by atoms with Crippen molar-refractivity contribution >= 4 is 39.8 Å². The second kappa shape index (κ2) is 7.33. The molecule has 0 spiro atoms. The summed E-state index contributed by atoms with van der Waals surface area (Å²) in [4.78, 5) is 16.4. The molecule has 0 aliphatic carbocycles. The Labute approximate surface area is 173 Å². The number of aryl methyl sites for hydroxylation is 1. The maximum Gasteiger partial charge on any atom is 0.236 e. The summed E-state index contributed by atoms with van der Waals surface area (Å²) in [5, 5.41) is 18.7. The van der Waals surface area contributed by atoms with Gasteiger partial charge in [0.2, 0.25) is 17.9 Å². The maximum atomic E-state index is 12.2. The minimum atomic E-state index is -0.159. The Kier molecular flexibility index (Phi) is 4.52. The number of carbonyl (C=O) groups excluding carboxylic acids is 1. The molecule has 4 aromatic rings. The Bertz CT molecular complexity index is 1220. The van der Waals surface area contributed by atoms with Crippen molar-refractivity contribution < 1.29 is 14.3 Å². The molecule has 0 atom stereocenters. The number of amides is 1. The number of fused-ring (bicyclic) bond motifs is 2. The van der Waals surface area contributed by atoms with Crippen LogP contribution in [0.4, 0.5) is 5.13 Å². The maximum absolute atomic E-state index is 12.2. The first-order chi connectivity index (χ1) is 14.2. The highest BCUT2D eigenvalue weighted by Crippen LogP contribution is 2.35. The smallest absolute Gasteiger partial charge is 0.236 e. The van der Waals surface area contributed by atoms with Gasteiger partial charge in [0.1, 0.15) is 0 Å². The number of aromatic nitrogens is 5. The Morgan fingerprint density at radius 3 is 3.00 bits per heavy atom. The molecular formula is C18H14N6O3S2. The van der Waals surface area contributed by atoms with Crippen molar-refractivity contribution in [2.45, 2.75) is 12.1 Å². The highest BCUT2D eigenvalue weighted by atomic mass is 32.2. The van der Waals surface area contributed by atoms with Crippen LogP contribution in [-0.4, -0.2) is 43.2 Å². The van der Waals surface area contributed by atoms with Gasteiger partial charge >= 0.3 is 0 Å². The second-order valence-corrected chi connectivity index (χ2v) is 7.97. The quantitative estimate of drug-likeness (QED) is 0.486. The predicted molar refractivity (Wildman–Crippen MR) is 109 cm³/mol. The molecule has 3 aromatic heterocycles. The summed E-state index contributed by atoms with van der Waals surface area (Å²) >= 11 is 2.66. The number of thioether (sulfide) groups is 1. The number of nitrogens with one attached hydrogen (secondary N) is 1. The molecule has 0 radical (unpaired) electrons. The molecule has 5 rings (SSSR count). The molecule has 1 aromatic carbocycles. The molecule has 0 unspecified atom stereocenters. The molecule has 0 saturated heterocycles. The molecule has 1 N–H and O–H groups in total. The van der Waals surface area contributed by atoms with Gasteiger partial charge in [-0.05, 0) is 37.3 Å². The van der Waals surface area contributed by atoms with Crippen LogP contribution >= 0.6 is 23.1 Å². The van der Waals surface area contributed by atoms with Gasteiger partial charge in [0.15, 0.2) is 22.3 Å². The molecule has 1 aliphatic heterocycles. The van der Waals surface area contributed by atoms with E-state index in [0.717, 1.165) is 22.7 Å². The van der Waals surface area contributed by atoms with Crippen LogP contribution in [0.2, 0.25) is 0 Å². The lowest BCUT2D eigenvalue weighted by Gasteiger charge is -2.04. The van der Waals surface area contributed by atoms with Crippen LogP contribution in [0.5, 0.6) is 11.5 Å². The largest absolute Gasteiger partial charge is 0.454 e. The van der Waals surface area contributed by atoms with Crippen molar-refractivity contribution in [1.29, 1.82) is 0 Å². The summed E-state index contributed by atoms with van der Waals surface area (Å²) in [7, 11) is 0. The predicted octanol–water partition coefficient (Wildman–Crippen LogP) is 3.02. The summed E-state index contributed by atoms with van der Waals surface area (Å²) in [5.74, 6) is 1.43. The zero-order valence-corrected chi connectivity index (χ0v) is 16.8. The third kappa shape index (κ3) is 3.61. The van der Waals surface area contributed by atoms with Gasteiger partial charge in [0, 0.05) is 10.9 Å². The first kappa shape index (κ1) is 17.9. The van der Waals surface area contributed by atoms with Crippen molar-refractivity contribution in [2.75, 3.05) is 17.9 Å². The lowest BCUT2D eigenvalue weighted by Crippen LogP contribution is -2.14. The molecule has 1 amide bonds. The van der Waals surface area contributed by atoms with Crippen LogP contribution in [0.1, 0.15) is 5.69 Å². The minimum absolute atomic E-state index is 0.159. The lowest BCUT2D eigenvalue weighted by atomic mass is 10.1. The van der Waals surface area contributed by atoms with Crippen LogP contribution in [0.25, 0.3) is 16.9 Å². The van der Waals surface area contributed by atoms with Crippen LogP contribution in [-0.2, 0) is 4.79 Å². The second-order valence-electron chi connectivity index (χ2n) is 6.17. The Morgan fingerprint density at radius 2 is 2.14 bits per heavy atom. The fraction of sp³-hybridized carbons (Fsp3) is 0.167. The van der Waals surface area contributed by atoms with E-state index in [1.165, 1.54) is 23.1 Å². The van der Waals surface area contributed by atoms with E-state index in [1.807, 2.05) is 42.6 Å². The fourth-order valence-corrected chi connectivity index (χ4v) is 4.16. The summed E-state index contributed by atoms with van der Waals surface area (Å²) in [5.41, 5.74) is 3.10. The Balaban J connectivity index is 1.35. The highest BCUT2D eigenvalue weighted by Gasteiger charge is 2.16. The van der Waals surface area contributed by atoms with Crippen LogP contribution in [0.3, 0.4) is 0 Å². The number of nitrogens with zero attached hydrogens (tertiary/aromatic N) is 5. The SMILES string of the molecule is Cc1csc(NC(=O)CSc2nnc3ccc(-c4ccc5c(c4)OCO5)nn23)n1. The van der Waals surface area contributed by atoms with Crippen molar-refractivity contribution in [3.05, 3.63) is 41.4 Å². The number of hydrogen-bond acceptors (Lipinski definition) is 9. The van der Waals surface area contributed by atoms with E-state index in [2.05, 4.69) is 25.6 Å². The van der Waals surface area contributed by atoms with Gasteiger partial charge < -0.3 is 14.8 Å². The normalized spacial score (nSPS) is 12.4. The van der Waals surface area contributed by atoms with E-state index in [0.29, 0.717) is 21.7 Å². The monoisotopic (exact) mass is 426 g/mol. The molecule has 1 aliphatic rings. The first-order valence-electron chi connectivity index (χ1n) is 8.63. The molecule has 11 heteroatoms. The zero-order valence-electron chi connectivity index (χ0n) is 15.2. The number of rotatable bonds is 5. The highest BCUT2D eigenvalue weighted by molar-refractivity contribution is 7.99. The molecular weight excluding hydrogens is 412 g/mol. The third-order valence-corrected chi connectivity index (χ3v) is 5.90. The van der Waals surface area contributed by atoms with Gasteiger partial charge in [-0.3, -0.25) is 4.79 Å². The van der Waals surface area contributed by atoms with E-state index in [9.17, 15) is 4.79 Å². The van der Waals surface area contributed by atoms with Crippen LogP contribution < -0.4 is 14.8 Å².